The van der Waals surface area contributed by atoms with Crippen molar-refractivity contribution < 1.29 is 13.5 Å². The summed E-state index contributed by atoms with van der Waals surface area (Å²) in [5.74, 6) is 0. The standard InChI is InChI=1S/C10H16N2O3S/c1-16(14,15)12-7-3-5-10(13)9-4-2-6-11-8-9/h2,4,6,8,10,12-13H,3,5,7H2,1H3. The van der Waals surface area contributed by atoms with Crippen LogP contribution in [0.15, 0.2) is 24.5 Å². The molecule has 0 aliphatic carbocycles. The summed E-state index contributed by atoms with van der Waals surface area (Å²) in [7, 11) is -3.13. The van der Waals surface area contributed by atoms with Crippen molar-refractivity contribution in [2.24, 2.45) is 0 Å². The molecule has 1 unspecified atom stereocenters. The van der Waals surface area contributed by atoms with E-state index in [2.05, 4.69) is 9.71 Å². The van der Waals surface area contributed by atoms with E-state index in [1.807, 2.05) is 0 Å². The van der Waals surface area contributed by atoms with Crippen molar-refractivity contribution >= 4 is 10.0 Å². The first-order chi connectivity index (χ1) is 7.49. The monoisotopic (exact) mass is 244 g/mol. The summed E-state index contributed by atoms with van der Waals surface area (Å²) in [4.78, 5) is 3.90. The zero-order chi connectivity index (χ0) is 12.0. The first-order valence-corrected chi connectivity index (χ1v) is 6.91. The lowest BCUT2D eigenvalue weighted by Gasteiger charge is -2.10. The normalized spacial score (nSPS) is 13.6. The summed E-state index contributed by atoms with van der Waals surface area (Å²) in [6.07, 6.45) is 4.87. The summed E-state index contributed by atoms with van der Waals surface area (Å²) < 4.78 is 23.9. The number of hydrogen-bond acceptors (Lipinski definition) is 4. The minimum absolute atomic E-state index is 0.343. The highest BCUT2D eigenvalue weighted by atomic mass is 32.2. The molecule has 0 saturated carbocycles. The Morgan fingerprint density at radius 1 is 1.56 bits per heavy atom. The Morgan fingerprint density at radius 2 is 2.31 bits per heavy atom. The van der Waals surface area contributed by atoms with Gasteiger partial charge in [0.1, 0.15) is 0 Å². The molecule has 1 heterocycles. The highest BCUT2D eigenvalue weighted by Crippen LogP contribution is 2.16. The number of rotatable bonds is 6. The zero-order valence-corrected chi connectivity index (χ0v) is 9.94. The van der Waals surface area contributed by atoms with Gasteiger partial charge in [-0.3, -0.25) is 4.98 Å². The summed E-state index contributed by atoms with van der Waals surface area (Å²) in [6.45, 7) is 0.343. The number of aromatic nitrogens is 1. The second kappa shape index (κ2) is 5.93. The van der Waals surface area contributed by atoms with Gasteiger partial charge in [0.15, 0.2) is 0 Å². The molecular formula is C10H16N2O3S. The van der Waals surface area contributed by atoms with Gasteiger partial charge in [-0.1, -0.05) is 6.07 Å². The average molecular weight is 244 g/mol. The molecule has 0 spiro atoms. The number of aliphatic hydroxyl groups is 1. The van der Waals surface area contributed by atoms with Crippen molar-refractivity contribution in [1.82, 2.24) is 9.71 Å². The molecular weight excluding hydrogens is 228 g/mol. The summed E-state index contributed by atoms with van der Waals surface area (Å²) in [6, 6.07) is 3.55. The van der Waals surface area contributed by atoms with Crippen LogP contribution >= 0.6 is 0 Å². The topological polar surface area (TPSA) is 79.3 Å². The second-order valence-electron chi connectivity index (χ2n) is 3.61. The SMILES string of the molecule is CS(=O)(=O)NCCCC(O)c1cccnc1. The molecule has 2 N–H and O–H groups in total. The van der Waals surface area contributed by atoms with Gasteiger partial charge in [0.05, 0.1) is 12.4 Å². The average Bonchev–Trinajstić information content (AvgIpc) is 2.24. The minimum atomic E-state index is -3.13. The van der Waals surface area contributed by atoms with Crippen LogP contribution in [0.4, 0.5) is 0 Å². The molecule has 90 valence electrons. The van der Waals surface area contributed by atoms with Crippen LogP contribution in [-0.4, -0.2) is 31.3 Å². The van der Waals surface area contributed by atoms with Crippen LogP contribution in [-0.2, 0) is 10.0 Å². The summed E-state index contributed by atoms with van der Waals surface area (Å²) >= 11 is 0. The molecule has 1 atom stereocenters. The maximum absolute atomic E-state index is 10.8. The number of sulfonamides is 1. The Balaban J connectivity index is 2.29. The van der Waals surface area contributed by atoms with Gasteiger partial charge in [-0.05, 0) is 24.5 Å². The van der Waals surface area contributed by atoms with Crippen LogP contribution in [0.2, 0.25) is 0 Å². The molecule has 0 amide bonds. The van der Waals surface area contributed by atoms with E-state index in [0.717, 1.165) is 11.8 Å². The minimum Gasteiger partial charge on any atom is -0.388 e. The maximum Gasteiger partial charge on any atom is 0.208 e. The number of hydrogen-bond donors (Lipinski definition) is 2. The molecule has 0 aliphatic heterocycles. The van der Waals surface area contributed by atoms with Crippen LogP contribution in [0.25, 0.3) is 0 Å². The Hall–Kier alpha value is -0.980. The third kappa shape index (κ3) is 5.20. The molecule has 1 aromatic heterocycles. The molecule has 1 aromatic rings. The van der Waals surface area contributed by atoms with Gasteiger partial charge < -0.3 is 5.11 Å². The largest absolute Gasteiger partial charge is 0.388 e. The van der Waals surface area contributed by atoms with Crippen molar-refractivity contribution in [3.63, 3.8) is 0 Å². The van der Waals surface area contributed by atoms with E-state index in [1.54, 1.807) is 24.5 Å². The van der Waals surface area contributed by atoms with E-state index in [4.69, 9.17) is 0 Å². The molecule has 0 bridgehead atoms. The predicted octanol–water partition coefficient (Wildman–Crippen LogP) is 0.444. The molecule has 16 heavy (non-hydrogen) atoms. The number of aliphatic hydroxyl groups excluding tert-OH is 1. The fourth-order valence-corrected chi connectivity index (χ4v) is 1.81. The first kappa shape index (κ1) is 13.1. The van der Waals surface area contributed by atoms with Crippen LogP contribution < -0.4 is 4.72 Å². The van der Waals surface area contributed by atoms with E-state index >= 15 is 0 Å². The molecule has 1 rings (SSSR count). The van der Waals surface area contributed by atoms with Crippen molar-refractivity contribution in [2.45, 2.75) is 18.9 Å². The Morgan fingerprint density at radius 3 is 2.88 bits per heavy atom. The quantitative estimate of drug-likeness (QED) is 0.712. The fraction of sp³-hybridized carbons (Fsp3) is 0.500. The Kier molecular flexibility index (Phi) is 4.85. The molecule has 0 aliphatic rings. The Bertz CT molecular complexity index is 405. The molecule has 0 saturated heterocycles. The van der Waals surface area contributed by atoms with Crippen molar-refractivity contribution in [3.05, 3.63) is 30.1 Å². The van der Waals surface area contributed by atoms with Gasteiger partial charge >= 0.3 is 0 Å². The van der Waals surface area contributed by atoms with E-state index in [1.165, 1.54) is 0 Å². The molecule has 0 radical (unpaired) electrons. The molecule has 5 nitrogen and oxygen atoms in total. The first-order valence-electron chi connectivity index (χ1n) is 5.01. The smallest absolute Gasteiger partial charge is 0.208 e. The van der Waals surface area contributed by atoms with E-state index in [0.29, 0.717) is 19.4 Å². The number of nitrogens with one attached hydrogen (secondary N) is 1. The van der Waals surface area contributed by atoms with E-state index < -0.39 is 16.1 Å². The molecule has 6 heteroatoms. The van der Waals surface area contributed by atoms with Gasteiger partial charge in [0.2, 0.25) is 10.0 Å². The molecule has 0 fully saturated rings. The predicted molar refractivity (Wildman–Crippen MR) is 61.3 cm³/mol. The zero-order valence-electron chi connectivity index (χ0n) is 9.13. The fourth-order valence-electron chi connectivity index (χ4n) is 1.29. The lowest BCUT2D eigenvalue weighted by molar-refractivity contribution is 0.164. The van der Waals surface area contributed by atoms with Gasteiger partial charge in [-0.25, -0.2) is 13.1 Å². The van der Waals surface area contributed by atoms with Crippen molar-refractivity contribution in [1.29, 1.82) is 0 Å². The van der Waals surface area contributed by atoms with Crippen LogP contribution in [0.1, 0.15) is 24.5 Å². The summed E-state index contributed by atoms with van der Waals surface area (Å²) in [5.41, 5.74) is 0.752. The van der Waals surface area contributed by atoms with Gasteiger partial charge in [0, 0.05) is 18.9 Å². The lowest BCUT2D eigenvalue weighted by Crippen LogP contribution is -2.23. The third-order valence-corrected chi connectivity index (χ3v) is 2.82. The van der Waals surface area contributed by atoms with Gasteiger partial charge in [0.25, 0.3) is 0 Å². The highest BCUT2D eigenvalue weighted by Gasteiger charge is 2.07. The van der Waals surface area contributed by atoms with Crippen LogP contribution in [0.3, 0.4) is 0 Å². The lowest BCUT2D eigenvalue weighted by atomic mass is 10.1. The third-order valence-electron chi connectivity index (χ3n) is 2.09. The van der Waals surface area contributed by atoms with Crippen molar-refractivity contribution in [3.8, 4) is 0 Å². The van der Waals surface area contributed by atoms with Crippen LogP contribution in [0, 0.1) is 0 Å². The maximum atomic E-state index is 10.8. The second-order valence-corrected chi connectivity index (χ2v) is 5.44. The highest BCUT2D eigenvalue weighted by molar-refractivity contribution is 7.88. The Labute approximate surface area is 95.6 Å². The number of nitrogens with zero attached hydrogens (tertiary/aromatic N) is 1. The van der Waals surface area contributed by atoms with Crippen molar-refractivity contribution in [2.75, 3.05) is 12.8 Å². The molecule has 0 aromatic carbocycles. The summed E-state index contributed by atoms with van der Waals surface area (Å²) in [5, 5.41) is 9.73. The number of pyridine rings is 1. The van der Waals surface area contributed by atoms with E-state index in [-0.39, 0.29) is 0 Å². The van der Waals surface area contributed by atoms with E-state index in [9.17, 15) is 13.5 Å². The van der Waals surface area contributed by atoms with Gasteiger partial charge in [-0.2, -0.15) is 0 Å². The van der Waals surface area contributed by atoms with Gasteiger partial charge in [-0.15, -0.1) is 0 Å². The van der Waals surface area contributed by atoms with Crippen LogP contribution in [0.5, 0.6) is 0 Å².